The molecule has 0 saturated carbocycles. The maximum atomic E-state index is 8.89. The van der Waals surface area contributed by atoms with Crippen LogP contribution in [0.5, 0.6) is 5.88 Å². The van der Waals surface area contributed by atoms with Crippen LogP contribution in [-0.4, -0.2) is 52.7 Å². The van der Waals surface area contributed by atoms with Gasteiger partial charge in [0.05, 0.1) is 18.9 Å². The minimum atomic E-state index is -0.0862. The largest absolute Gasteiger partial charge is 0.462 e. The molecule has 1 fully saturated rings. The number of nitrogens with zero attached hydrogens (tertiary/aromatic N) is 6. The topological polar surface area (TPSA) is 89.1 Å². The summed E-state index contributed by atoms with van der Waals surface area (Å²) < 4.78 is 13.7. The third-order valence-corrected chi connectivity index (χ3v) is 4.80. The Morgan fingerprint density at radius 1 is 1.30 bits per heavy atom. The molecule has 3 aromatic rings. The summed E-state index contributed by atoms with van der Waals surface area (Å²) in [5.41, 5.74) is 2.54. The van der Waals surface area contributed by atoms with E-state index in [2.05, 4.69) is 31.0 Å². The number of anilines is 1. The summed E-state index contributed by atoms with van der Waals surface area (Å²) in [5, 5.41) is 14.2. The monoisotopic (exact) mass is 428 g/mol. The zero-order valence-corrected chi connectivity index (χ0v) is 16.3. The highest BCUT2D eigenvalue weighted by Gasteiger charge is 2.20. The number of halogens is 1. The van der Waals surface area contributed by atoms with Crippen molar-refractivity contribution in [2.24, 2.45) is 0 Å². The summed E-state index contributed by atoms with van der Waals surface area (Å²) in [6, 6.07) is 7.96. The van der Waals surface area contributed by atoms with Crippen LogP contribution in [0.4, 0.5) is 5.95 Å². The minimum Gasteiger partial charge on any atom is -0.462 e. The van der Waals surface area contributed by atoms with Crippen LogP contribution in [0, 0.1) is 18.3 Å². The van der Waals surface area contributed by atoms with Crippen LogP contribution in [0.1, 0.15) is 5.56 Å². The van der Waals surface area contributed by atoms with Crippen LogP contribution < -0.4 is 9.64 Å². The van der Waals surface area contributed by atoms with Gasteiger partial charge in [0.1, 0.15) is 11.5 Å². The highest BCUT2D eigenvalue weighted by atomic mass is 79.9. The number of morpholine rings is 1. The molecule has 27 heavy (non-hydrogen) atoms. The number of hydrogen-bond donors (Lipinski definition) is 0. The summed E-state index contributed by atoms with van der Waals surface area (Å²) >= 11 is 3.48. The lowest BCUT2D eigenvalue weighted by molar-refractivity contribution is 0.122. The first kappa shape index (κ1) is 17.7. The van der Waals surface area contributed by atoms with E-state index in [0.29, 0.717) is 49.2 Å². The van der Waals surface area contributed by atoms with Gasteiger partial charge >= 0.3 is 0 Å². The van der Waals surface area contributed by atoms with Gasteiger partial charge in [-0.15, -0.1) is 5.10 Å². The molecule has 0 aliphatic carbocycles. The maximum absolute atomic E-state index is 8.89. The molecule has 0 spiro atoms. The van der Waals surface area contributed by atoms with Crippen molar-refractivity contribution in [1.29, 1.82) is 5.26 Å². The van der Waals surface area contributed by atoms with Crippen molar-refractivity contribution in [2.45, 2.75) is 6.92 Å². The molecule has 2 aromatic heterocycles. The van der Waals surface area contributed by atoms with Crippen molar-refractivity contribution in [3.8, 4) is 17.6 Å². The lowest BCUT2D eigenvalue weighted by Gasteiger charge is -2.26. The highest BCUT2D eigenvalue weighted by molar-refractivity contribution is 9.10. The second-order valence-corrected chi connectivity index (χ2v) is 7.03. The first-order valence-corrected chi connectivity index (χ1v) is 9.31. The van der Waals surface area contributed by atoms with Gasteiger partial charge in [-0.3, -0.25) is 0 Å². The molecule has 138 valence electrons. The summed E-state index contributed by atoms with van der Waals surface area (Å²) in [6.07, 6.45) is 1.83. The average molecular weight is 429 g/mol. The molecular formula is C18H17BrN6O2. The van der Waals surface area contributed by atoms with Crippen LogP contribution in [0.3, 0.4) is 0 Å². The average Bonchev–Trinajstić information content (AvgIpc) is 3.10. The van der Waals surface area contributed by atoms with E-state index in [9.17, 15) is 0 Å². The van der Waals surface area contributed by atoms with Gasteiger partial charge in [-0.25, -0.2) is 4.68 Å². The summed E-state index contributed by atoms with van der Waals surface area (Å²) in [7, 11) is 0. The van der Waals surface area contributed by atoms with E-state index in [1.54, 1.807) is 4.68 Å². The van der Waals surface area contributed by atoms with Gasteiger partial charge in [0.2, 0.25) is 11.8 Å². The molecule has 8 nitrogen and oxygen atoms in total. The van der Waals surface area contributed by atoms with Crippen LogP contribution in [0.25, 0.3) is 16.7 Å². The lowest BCUT2D eigenvalue weighted by atomic mass is 10.2. The van der Waals surface area contributed by atoms with E-state index < -0.39 is 0 Å². The van der Waals surface area contributed by atoms with Gasteiger partial charge in [0.25, 0.3) is 0 Å². The van der Waals surface area contributed by atoms with Gasteiger partial charge in [-0.1, -0.05) is 15.9 Å². The van der Waals surface area contributed by atoms with E-state index in [1.807, 2.05) is 42.3 Å². The molecule has 3 heterocycles. The molecular weight excluding hydrogens is 412 g/mol. The Morgan fingerprint density at radius 2 is 2.11 bits per heavy atom. The molecule has 0 atom stereocenters. The van der Waals surface area contributed by atoms with Crippen molar-refractivity contribution in [3.05, 3.63) is 34.4 Å². The molecule has 0 bridgehead atoms. The van der Waals surface area contributed by atoms with Crippen LogP contribution in [-0.2, 0) is 4.74 Å². The Hall–Kier alpha value is -2.70. The molecule has 1 aliphatic rings. The van der Waals surface area contributed by atoms with E-state index in [-0.39, 0.29) is 6.61 Å². The minimum absolute atomic E-state index is 0.0862. The standard InChI is InChI=1S/C18H17BrN6O2/c1-12-10-13(19)2-3-15(12)25-11-14-16(23-25)21-18(22-17(14)27-7-4-20)24-5-8-26-9-6-24/h2-3,10-11H,5-9H2,1H3. The van der Waals surface area contributed by atoms with Gasteiger partial charge in [-0.05, 0) is 30.7 Å². The Kier molecular flexibility index (Phi) is 4.92. The number of hydrogen-bond acceptors (Lipinski definition) is 7. The molecule has 0 radical (unpaired) electrons. The zero-order chi connectivity index (χ0) is 18.8. The van der Waals surface area contributed by atoms with Crippen molar-refractivity contribution in [3.63, 3.8) is 0 Å². The molecule has 9 heteroatoms. The summed E-state index contributed by atoms with van der Waals surface area (Å²) in [6.45, 7) is 4.59. The molecule has 0 unspecified atom stereocenters. The molecule has 4 rings (SSSR count). The predicted octanol–water partition coefficient (Wildman–Crippen LogP) is 2.63. The second kappa shape index (κ2) is 7.50. The van der Waals surface area contributed by atoms with Gasteiger partial charge in [-0.2, -0.15) is 15.2 Å². The number of ether oxygens (including phenoxy) is 2. The highest BCUT2D eigenvalue weighted by Crippen LogP contribution is 2.27. The fourth-order valence-electron chi connectivity index (χ4n) is 2.98. The lowest BCUT2D eigenvalue weighted by Crippen LogP contribution is -2.37. The fraction of sp³-hybridized carbons (Fsp3) is 0.333. The zero-order valence-electron chi connectivity index (χ0n) is 14.7. The number of rotatable bonds is 4. The SMILES string of the molecule is Cc1cc(Br)ccc1-n1cc2c(OCC#N)nc(N3CCOCC3)nc2n1. The van der Waals surface area contributed by atoms with E-state index in [0.717, 1.165) is 15.7 Å². The van der Waals surface area contributed by atoms with Crippen LogP contribution >= 0.6 is 15.9 Å². The van der Waals surface area contributed by atoms with Crippen molar-refractivity contribution >= 4 is 32.9 Å². The number of aromatic nitrogens is 4. The predicted molar refractivity (Wildman–Crippen MR) is 103 cm³/mol. The van der Waals surface area contributed by atoms with Crippen molar-refractivity contribution < 1.29 is 9.47 Å². The summed E-state index contributed by atoms with van der Waals surface area (Å²) in [5.74, 6) is 0.903. The third-order valence-electron chi connectivity index (χ3n) is 4.31. The number of aryl methyl sites for hydroxylation is 1. The van der Waals surface area contributed by atoms with Crippen LogP contribution in [0.15, 0.2) is 28.9 Å². The quantitative estimate of drug-likeness (QED) is 0.630. The second-order valence-electron chi connectivity index (χ2n) is 6.12. The van der Waals surface area contributed by atoms with Crippen molar-refractivity contribution in [1.82, 2.24) is 19.7 Å². The van der Waals surface area contributed by atoms with E-state index in [1.165, 1.54) is 0 Å². The molecule has 0 amide bonds. The Balaban J connectivity index is 1.81. The molecule has 1 saturated heterocycles. The van der Waals surface area contributed by atoms with Gasteiger partial charge < -0.3 is 14.4 Å². The van der Waals surface area contributed by atoms with Gasteiger partial charge in [0, 0.05) is 23.8 Å². The van der Waals surface area contributed by atoms with Gasteiger partial charge in [0.15, 0.2) is 12.3 Å². The Labute approximate surface area is 164 Å². The molecule has 1 aliphatic heterocycles. The smallest absolute Gasteiger partial charge is 0.230 e. The van der Waals surface area contributed by atoms with Crippen molar-refractivity contribution in [2.75, 3.05) is 37.8 Å². The summed E-state index contributed by atoms with van der Waals surface area (Å²) in [4.78, 5) is 11.2. The first-order chi connectivity index (χ1) is 13.2. The maximum Gasteiger partial charge on any atom is 0.230 e. The van der Waals surface area contributed by atoms with E-state index >= 15 is 0 Å². The Morgan fingerprint density at radius 3 is 2.85 bits per heavy atom. The molecule has 0 N–H and O–H groups in total. The first-order valence-electron chi connectivity index (χ1n) is 8.52. The third kappa shape index (κ3) is 3.59. The fourth-order valence-corrected chi connectivity index (χ4v) is 3.46. The van der Waals surface area contributed by atoms with Crippen LogP contribution in [0.2, 0.25) is 0 Å². The normalized spacial score (nSPS) is 14.3. The molecule has 1 aromatic carbocycles. The number of fused-ring (bicyclic) bond motifs is 1. The Bertz CT molecular complexity index is 1020. The number of benzene rings is 1. The van der Waals surface area contributed by atoms with E-state index in [4.69, 9.17) is 14.7 Å². The number of nitriles is 1.